The van der Waals surface area contributed by atoms with Crippen molar-refractivity contribution in [2.24, 2.45) is 0 Å². The first kappa shape index (κ1) is 34.7. The van der Waals surface area contributed by atoms with E-state index in [1.807, 2.05) is 18.8 Å². The Morgan fingerprint density at radius 2 is 1.87 bits per heavy atom. The van der Waals surface area contributed by atoms with Crippen LogP contribution in [-0.2, 0) is 6.42 Å². The standard InChI is InChI=1S/C35H39F2N6OPS.Tl/c1-3-15-38-16-20-42-19-11-27-29-32(40-34(41-33(29)42)44-22-35-13-5-17-43(35)18-6-14-35)30(37)31(39-27)25-8-4-7-23-9-10-26(36)24(28(23)25)12-21-46-45-2;/h4,7-10,38,45H,3,5-6,11,13-20,22H2,1-2H3;. The molecule has 7 nitrogen and oxygen atoms in total. The van der Waals surface area contributed by atoms with E-state index < -0.39 is 11.6 Å². The summed E-state index contributed by atoms with van der Waals surface area (Å²) in [6.45, 7) is 9.99. The molecule has 1 radical (unpaired) electrons. The van der Waals surface area contributed by atoms with Crippen LogP contribution in [0.1, 0.15) is 50.3 Å². The molecule has 0 spiro atoms. The van der Waals surface area contributed by atoms with Crippen LogP contribution in [-0.4, -0.2) is 105 Å². The Hall–Kier alpha value is -2.17. The number of aromatic nitrogens is 3. The molecule has 0 saturated carbocycles. The van der Waals surface area contributed by atoms with Gasteiger partial charge in [-0.05, 0) is 75.1 Å². The van der Waals surface area contributed by atoms with Gasteiger partial charge in [0.1, 0.15) is 29.5 Å². The number of hydrogen-bond donors (Lipinski definition) is 1. The summed E-state index contributed by atoms with van der Waals surface area (Å²) in [4.78, 5) is 19.3. The molecule has 2 aromatic carbocycles. The Morgan fingerprint density at radius 3 is 2.66 bits per heavy atom. The van der Waals surface area contributed by atoms with E-state index in [0.717, 1.165) is 75.9 Å². The Labute approximate surface area is 301 Å². The molecule has 0 bridgehead atoms. The van der Waals surface area contributed by atoms with Crippen LogP contribution in [0.5, 0.6) is 6.01 Å². The second-order valence-electron chi connectivity index (χ2n) is 12.3. The zero-order valence-corrected chi connectivity index (χ0v) is 33.3. The van der Waals surface area contributed by atoms with Gasteiger partial charge in [-0.25, -0.2) is 13.8 Å². The number of benzene rings is 2. The maximum absolute atomic E-state index is 17.0. The van der Waals surface area contributed by atoms with Gasteiger partial charge in [0.25, 0.3) is 0 Å². The Morgan fingerprint density at radius 1 is 1.04 bits per heavy atom. The number of nitrogens with one attached hydrogen (secondary N) is 1. The molecular weight excluding hydrogens is 826 g/mol. The topological polar surface area (TPSA) is 66.4 Å². The van der Waals surface area contributed by atoms with E-state index in [0.29, 0.717) is 49.5 Å². The quantitative estimate of drug-likeness (QED) is 0.0855. The van der Waals surface area contributed by atoms with Crippen molar-refractivity contribution in [2.75, 3.05) is 57.4 Å². The van der Waals surface area contributed by atoms with Crippen LogP contribution in [0.25, 0.3) is 32.9 Å². The van der Waals surface area contributed by atoms with Crippen molar-refractivity contribution < 1.29 is 13.5 Å². The summed E-state index contributed by atoms with van der Waals surface area (Å²) >= 11 is 1.44. The summed E-state index contributed by atoms with van der Waals surface area (Å²) in [7, 11) is 0.552. The third-order valence-electron chi connectivity index (χ3n) is 9.58. The predicted octanol–water partition coefficient (Wildman–Crippen LogP) is 6.38. The summed E-state index contributed by atoms with van der Waals surface area (Å²) in [5.74, 6) is 2.68. The monoisotopic (exact) mass is 865 g/mol. The molecule has 5 heterocycles. The molecule has 7 rings (SSSR count). The summed E-state index contributed by atoms with van der Waals surface area (Å²) in [6, 6.07) is 8.87. The summed E-state index contributed by atoms with van der Waals surface area (Å²) in [6.07, 6.45) is 6.18. The molecule has 2 aromatic heterocycles. The van der Waals surface area contributed by atoms with Gasteiger partial charge < -0.3 is 15.0 Å². The third-order valence-corrected chi connectivity index (χ3v) is 10.9. The largest absolute Gasteiger partial charge is 0.461 e. The van der Waals surface area contributed by atoms with E-state index in [4.69, 9.17) is 19.7 Å². The smallest absolute Gasteiger partial charge is 0.319 e. The SMILES string of the molecule is CCCNCCN1CCc2nc(-c3cccc4ccc(F)c(C#CSPC)c34)c(F)c3nc(OCC45CCCN4CCC5)nc1c23.[Tl]. The Bertz CT molecular complexity index is 1840. The van der Waals surface area contributed by atoms with Crippen molar-refractivity contribution in [1.29, 1.82) is 0 Å². The van der Waals surface area contributed by atoms with E-state index >= 15 is 8.78 Å². The first-order chi connectivity index (χ1) is 22.5. The van der Waals surface area contributed by atoms with Crippen LogP contribution in [0.2, 0.25) is 0 Å². The molecule has 1 N–H and O–H groups in total. The number of pyridine rings is 1. The van der Waals surface area contributed by atoms with E-state index in [1.165, 1.54) is 17.4 Å². The number of rotatable bonds is 10. The molecule has 243 valence electrons. The van der Waals surface area contributed by atoms with Crippen molar-refractivity contribution in [1.82, 2.24) is 25.2 Å². The Balaban J connectivity index is 0.00000386. The zero-order chi connectivity index (χ0) is 31.7. The van der Waals surface area contributed by atoms with Crippen molar-refractivity contribution in [2.45, 2.75) is 51.0 Å². The molecule has 1 unspecified atom stereocenters. The van der Waals surface area contributed by atoms with Crippen LogP contribution in [0.3, 0.4) is 0 Å². The van der Waals surface area contributed by atoms with E-state index in [9.17, 15) is 0 Å². The first-order valence-electron chi connectivity index (χ1n) is 16.3. The third kappa shape index (κ3) is 6.72. The minimum Gasteiger partial charge on any atom is -0.461 e. The average molecular weight is 865 g/mol. The van der Waals surface area contributed by atoms with E-state index in [1.54, 1.807) is 12.1 Å². The summed E-state index contributed by atoms with van der Waals surface area (Å²) in [5, 5.41) is 8.44. The maximum Gasteiger partial charge on any atom is 0.319 e. The van der Waals surface area contributed by atoms with Crippen molar-refractivity contribution in [3.63, 3.8) is 0 Å². The molecule has 47 heavy (non-hydrogen) atoms. The van der Waals surface area contributed by atoms with Gasteiger partial charge in [-0.3, -0.25) is 4.90 Å². The van der Waals surface area contributed by atoms with Gasteiger partial charge in [0, 0.05) is 64.3 Å². The number of hydrogen-bond acceptors (Lipinski definition) is 8. The molecule has 3 aliphatic rings. The fourth-order valence-corrected chi connectivity index (χ4v) is 8.11. The molecule has 2 saturated heterocycles. The van der Waals surface area contributed by atoms with Gasteiger partial charge >= 0.3 is 6.01 Å². The van der Waals surface area contributed by atoms with Crippen LogP contribution < -0.4 is 15.0 Å². The van der Waals surface area contributed by atoms with Crippen molar-refractivity contribution >= 4 is 74.0 Å². The molecule has 1 atom stereocenters. The predicted molar refractivity (Wildman–Crippen MR) is 192 cm³/mol. The van der Waals surface area contributed by atoms with Crippen LogP contribution in [0.4, 0.5) is 14.6 Å². The van der Waals surface area contributed by atoms with Gasteiger partial charge in [-0.15, -0.1) is 0 Å². The first-order valence-corrected chi connectivity index (χ1v) is 19.4. The maximum atomic E-state index is 17.0. The number of anilines is 1. The molecule has 0 amide bonds. The molecule has 3 aliphatic heterocycles. The second-order valence-corrected chi connectivity index (χ2v) is 15.0. The van der Waals surface area contributed by atoms with Crippen LogP contribution >= 0.6 is 19.2 Å². The minimum atomic E-state index is -0.556. The van der Waals surface area contributed by atoms with Gasteiger partial charge in [-0.2, -0.15) is 9.97 Å². The van der Waals surface area contributed by atoms with Gasteiger partial charge in [0.15, 0.2) is 5.82 Å². The minimum absolute atomic E-state index is 0. The van der Waals surface area contributed by atoms with Crippen molar-refractivity contribution in [3.8, 4) is 28.4 Å². The Kier molecular flexibility index (Phi) is 11.2. The second kappa shape index (κ2) is 15.2. The van der Waals surface area contributed by atoms with Gasteiger partial charge in [-0.1, -0.05) is 56.3 Å². The molecule has 0 aliphatic carbocycles. The molecule has 4 aromatic rings. The molecular formula is C35H39F2N6OPSTl. The number of nitrogens with zero attached hydrogens (tertiary/aromatic N) is 5. The number of ether oxygens (including phenoxy) is 1. The van der Waals surface area contributed by atoms with Crippen LogP contribution in [0.15, 0.2) is 30.3 Å². The fourth-order valence-electron chi connectivity index (χ4n) is 7.40. The molecule has 2 fully saturated rings. The number of fused-ring (bicyclic) bond motifs is 2. The van der Waals surface area contributed by atoms with E-state index in [2.05, 4.69) is 33.2 Å². The van der Waals surface area contributed by atoms with Crippen molar-refractivity contribution in [3.05, 3.63) is 53.2 Å². The normalized spacial score (nSPS) is 16.9. The zero-order valence-electron chi connectivity index (χ0n) is 27.0. The van der Waals surface area contributed by atoms with E-state index in [-0.39, 0.29) is 55.6 Å². The molecule has 12 heteroatoms. The van der Waals surface area contributed by atoms with Gasteiger partial charge in [0.05, 0.1) is 22.2 Å². The summed E-state index contributed by atoms with van der Waals surface area (Å²) in [5.41, 5.74) is 1.85. The fraction of sp³-hybridized carbons (Fsp3) is 0.457. The number of halogens is 2. The average Bonchev–Trinajstić information content (AvgIpc) is 3.66. The summed E-state index contributed by atoms with van der Waals surface area (Å²) < 4.78 is 38.7. The van der Waals surface area contributed by atoms with Crippen LogP contribution in [0, 0.1) is 22.8 Å². The van der Waals surface area contributed by atoms with Gasteiger partial charge in [0.2, 0.25) is 0 Å².